The highest BCUT2D eigenvalue weighted by atomic mass is 32.2. The van der Waals surface area contributed by atoms with Gasteiger partial charge in [0.25, 0.3) is 5.03 Å². The van der Waals surface area contributed by atoms with Crippen molar-refractivity contribution < 1.29 is 9.52 Å². The fourth-order valence-corrected chi connectivity index (χ4v) is 4.28. The number of carbonyl (C=O) groups is 1. The molecule has 1 aliphatic rings. The number of thioether (sulfide) groups is 1. The minimum absolute atomic E-state index is 0.130. The summed E-state index contributed by atoms with van der Waals surface area (Å²) < 4.78 is 1.86. The number of thiazole rings is 1. The molecule has 1 N–H and O–H groups in total. The van der Waals surface area contributed by atoms with Gasteiger partial charge in [0, 0.05) is 23.7 Å². The molecule has 0 spiro atoms. The number of amides is 1. The number of nitrogens with one attached hydrogen (secondary N) is 1. The van der Waals surface area contributed by atoms with Crippen molar-refractivity contribution in [3.8, 4) is 0 Å². The summed E-state index contributed by atoms with van der Waals surface area (Å²) in [4.78, 5) is 16.7. The number of rotatable bonds is 5. The lowest BCUT2D eigenvalue weighted by Crippen LogP contribution is -2.28. The van der Waals surface area contributed by atoms with Crippen molar-refractivity contribution in [3.63, 3.8) is 0 Å². The van der Waals surface area contributed by atoms with E-state index in [1.54, 1.807) is 29.5 Å². The van der Waals surface area contributed by atoms with Crippen molar-refractivity contribution in [1.29, 1.82) is 0 Å². The van der Waals surface area contributed by atoms with Gasteiger partial charge < -0.3 is 10.5 Å². The Hall–Kier alpha value is -2.12. The third kappa shape index (κ3) is 3.37. The highest BCUT2D eigenvalue weighted by Crippen LogP contribution is 2.43. The van der Waals surface area contributed by atoms with E-state index in [0.29, 0.717) is 10.9 Å². The maximum atomic E-state index is 12.1. The van der Waals surface area contributed by atoms with E-state index in [9.17, 15) is 10.0 Å². The first-order valence-electron chi connectivity index (χ1n) is 7.70. The van der Waals surface area contributed by atoms with Crippen molar-refractivity contribution >= 4 is 44.9 Å². The number of pyridine rings is 1. The van der Waals surface area contributed by atoms with Gasteiger partial charge in [0.2, 0.25) is 5.91 Å². The topological polar surface area (TPSA) is 68.9 Å². The molecule has 1 saturated carbocycles. The first kappa shape index (κ1) is 15.4. The predicted octanol–water partition coefficient (Wildman–Crippen LogP) is 3.54. The second kappa shape index (κ2) is 6.41. The van der Waals surface area contributed by atoms with Crippen LogP contribution in [0.15, 0.2) is 47.6 Å². The quantitative estimate of drug-likeness (QED) is 0.431. The van der Waals surface area contributed by atoms with Gasteiger partial charge in [-0.3, -0.25) is 4.79 Å². The van der Waals surface area contributed by atoms with Gasteiger partial charge in [-0.2, -0.15) is 4.73 Å². The lowest BCUT2D eigenvalue weighted by molar-refractivity contribution is -0.645. The molecule has 1 fully saturated rings. The SMILES string of the molecule is O=C(CSc1cccc[n+]1[O-])Nc1ccc2nc(C3CC3)sc2c1. The van der Waals surface area contributed by atoms with Crippen molar-refractivity contribution in [2.45, 2.75) is 23.8 Å². The minimum Gasteiger partial charge on any atom is -0.618 e. The van der Waals surface area contributed by atoms with Crippen molar-refractivity contribution in [2.75, 3.05) is 11.1 Å². The predicted molar refractivity (Wildman–Crippen MR) is 96.4 cm³/mol. The Morgan fingerprint density at radius 2 is 2.25 bits per heavy atom. The molecular formula is C17H15N3O2S2. The summed E-state index contributed by atoms with van der Waals surface area (Å²) in [6, 6.07) is 10.9. The van der Waals surface area contributed by atoms with Crippen LogP contribution in [0.3, 0.4) is 0 Å². The first-order valence-corrected chi connectivity index (χ1v) is 9.50. The van der Waals surface area contributed by atoms with Crippen LogP contribution in [0.1, 0.15) is 23.8 Å². The normalized spacial score (nSPS) is 14.0. The average Bonchev–Trinajstić information content (AvgIpc) is 3.34. The smallest absolute Gasteiger partial charge is 0.251 e. The third-order valence-corrected chi connectivity index (χ3v) is 5.95. The molecule has 1 amide bonds. The van der Waals surface area contributed by atoms with Crippen molar-refractivity contribution in [1.82, 2.24) is 4.98 Å². The first-order chi connectivity index (χ1) is 11.7. The fourth-order valence-electron chi connectivity index (χ4n) is 2.39. The molecule has 0 atom stereocenters. The maximum absolute atomic E-state index is 12.1. The van der Waals surface area contributed by atoms with Crippen LogP contribution in [0.5, 0.6) is 0 Å². The van der Waals surface area contributed by atoms with E-state index in [2.05, 4.69) is 10.3 Å². The highest BCUT2D eigenvalue weighted by molar-refractivity contribution is 7.99. The average molecular weight is 357 g/mol. The third-order valence-electron chi connectivity index (χ3n) is 3.76. The molecule has 5 nitrogen and oxygen atoms in total. The Balaban J connectivity index is 1.41. The van der Waals surface area contributed by atoms with E-state index in [-0.39, 0.29) is 11.7 Å². The number of aromatic nitrogens is 2. The van der Waals surface area contributed by atoms with E-state index in [0.717, 1.165) is 20.6 Å². The van der Waals surface area contributed by atoms with E-state index in [1.807, 2.05) is 18.2 Å². The number of hydrogen-bond acceptors (Lipinski definition) is 5. The molecule has 122 valence electrons. The Kier molecular flexibility index (Phi) is 4.12. The molecule has 7 heteroatoms. The lowest BCUT2D eigenvalue weighted by atomic mass is 10.3. The Morgan fingerprint density at radius 3 is 3.04 bits per heavy atom. The van der Waals surface area contributed by atoms with Gasteiger partial charge in [0.05, 0.1) is 21.0 Å². The summed E-state index contributed by atoms with van der Waals surface area (Å²) in [5, 5.41) is 16.2. The van der Waals surface area contributed by atoms with Crippen molar-refractivity contribution in [2.24, 2.45) is 0 Å². The summed E-state index contributed by atoms with van der Waals surface area (Å²) in [6.45, 7) is 0. The molecule has 1 aromatic carbocycles. The Morgan fingerprint density at radius 1 is 1.38 bits per heavy atom. The van der Waals surface area contributed by atoms with Crippen LogP contribution in [0, 0.1) is 5.21 Å². The van der Waals surface area contributed by atoms with E-state index in [1.165, 1.54) is 35.8 Å². The molecule has 0 radical (unpaired) electrons. The van der Waals surface area contributed by atoms with E-state index < -0.39 is 0 Å². The number of fused-ring (bicyclic) bond motifs is 1. The van der Waals surface area contributed by atoms with Crippen LogP contribution in [0.25, 0.3) is 10.2 Å². The highest BCUT2D eigenvalue weighted by Gasteiger charge is 2.27. The molecule has 0 bridgehead atoms. The summed E-state index contributed by atoms with van der Waals surface area (Å²) >= 11 is 2.93. The zero-order valence-electron chi connectivity index (χ0n) is 12.8. The molecule has 0 unspecified atom stereocenters. The largest absolute Gasteiger partial charge is 0.618 e. The molecule has 4 rings (SSSR count). The minimum atomic E-state index is -0.130. The maximum Gasteiger partial charge on any atom is 0.251 e. The molecule has 2 aromatic heterocycles. The van der Waals surface area contributed by atoms with Gasteiger partial charge in [0.1, 0.15) is 0 Å². The van der Waals surface area contributed by atoms with E-state index >= 15 is 0 Å². The standard InChI is InChI=1S/C17H15N3O2S2/c21-15(10-23-16-3-1-2-8-20(16)22)18-12-6-7-13-14(9-12)24-17(19-13)11-4-5-11/h1-3,6-9,11H,4-5,10H2,(H,18,21). The van der Waals surface area contributed by atoms with Crippen molar-refractivity contribution in [3.05, 3.63) is 52.8 Å². The second-order valence-electron chi connectivity index (χ2n) is 5.71. The molecule has 24 heavy (non-hydrogen) atoms. The van der Waals surface area contributed by atoms with Crippen LogP contribution in [-0.2, 0) is 4.79 Å². The summed E-state index contributed by atoms with van der Waals surface area (Å²) in [5.74, 6) is 0.706. The molecule has 2 heterocycles. The van der Waals surface area contributed by atoms with Gasteiger partial charge in [-0.15, -0.1) is 11.3 Å². The van der Waals surface area contributed by atoms with Gasteiger partial charge in [0.15, 0.2) is 6.20 Å². The number of nitrogens with zero attached hydrogens (tertiary/aromatic N) is 2. The molecule has 3 aromatic rings. The summed E-state index contributed by atoms with van der Waals surface area (Å²) in [7, 11) is 0. The number of anilines is 1. The molecular weight excluding hydrogens is 342 g/mol. The van der Waals surface area contributed by atoms with Crippen LogP contribution in [0.2, 0.25) is 0 Å². The fraction of sp³-hybridized carbons (Fsp3) is 0.235. The summed E-state index contributed by atoms with van der Waals surface area (Å²) in [6.07, 6.45) is 3.90. The van der Waals surface area contributed by atoms with Crippen LogP contribution in [-0.4, -0.2) is 16.6 Å². The molecule has 0 aliphatic heterocycles. The Bertz CT molecular complexity index is 906. The van der Waals surface area contributed by atoms with Crippen LogP contribution >= 0.6 is 23.1 Å². The van der Waals surface area contributed by atoms with Gasteiger partial charge in [-0.05, 0) is 48.9 Å². The summed E-state index contributed by atoms with van der Waals surface area (Å²) in [5.41, 5.74) is 1.76. The monoisotopic (exact) mass is 357 g/mol. The zero-order valence-corrected chi connectivity index (χ0v) is 14.4. The van der Waals surface area contributed by atoms with Gasteiger partial charge in [-0.25, -0.2) is 4.98 Å². The van der Waals surface area contributed by atoms with Crippen LogP contribution < -0.4 is 10.0 Å². The lowest BCUT2D eigenvalue weighted by Gasteiger charge is -2.05. The van der Waals surface area contributed by atoms with Gasteiger partial charge >= 0.3 is 0 Å². The molecule has 1 aliphatic carbocycles. The Labute approximate surface area is 147 Å². The number of carbonyl (C=O) groups excluding carboxylic acids is 1. The van der Waals surface area contributed by atoms with Gasteiger partial charge in [-0.1, -0.05) is 0 Å². The second-order valence-corrected chi connectivity index (χ2v) is 7.77. The number of hydrogen-bond donors (Lipinski definition) is 1. The molecule has 0 saturated heterocycles. The van der Waals surface area contributed by atoms with E-state index in [4.69, 9.17) is 0 Å². The van der Waals surface area contributed by atoms with Crippen LogP contribution in [0.4, 0.5) is 5.69 Å². The zero-order chi connectivity index (χ0) is 16.5. The number of benzene rings is 1.